The molecular weight excluding hydrogens is 704 g/mol. The van der Waals surface area contributed by atoms with Gasteiger partial charge in [-0.3, -0.25) is 4.79 Å². The largest absolute Gasteiger partial charge is 0.490 e. The molecule has 12 nitrogen and oxygen atoms in total. The minimum absolute atomic E-state index is 0.0572. The zero-order valence-electron chi connectivity index (χ0n) is 35.0. The molecule has 1 heterocycles. The summed E-state index contributed by atoms with van der Waals surface area (Å²) in [6.45, 7) is 16.7. The summed E-state index contributed by atoms with van der Waals surface area (Å²) in [5, 5.41) is 49.4. The minimum atomic E-state index is -1.18. The lowest BCUT2D eigenvalue weighted by Gasteiger charge is -2.34. The Morgan fingerprint density at radius 2 is 1.84 bits per heavy atom. The number of allylic oxidation sites excluding steroid dienone is 7. The van der Waals surface area contributed by atoms with Gasteiger partial charge in [-0.15, -0.1) is 0 Å². The number of amides is 1. The Hall–Kier alpha value is -3.55. The quantitative estimate of drug-likeness (QED) is 0.0576. The number of methoxy groups -OCH3 is 2. The van der Waals surface area contributed by atoms with Gasteiger partial charge in [0.05, 0.1) is 37.7 Å². The number of esters is 1. The molecule has 1 aliphatic rings. The van der Waals surface area contributed by atoms with Crippen LogP contribution in [0.25, 0.3) is 0 Å². The molecule has 0 aliphatic carbocycles. The third-order valence-corrected chi connectivity index (χ3v) is 10.1. The number of nitrogens with one attached hydrogen (secondary N) is 1. The van der Waals surface area contributed by atoms with E-state index >= 15 is 0 Å². The Kier molecular flexibility index (Phi) is 23.7. The second kappa shape index (κ2) is 26.3. The number of oxime groups is 1. The molecule has 11 atom stereocenters. The van der Waals surface area contributed by atoms with Gasteiger partial charge < -0.3 is 44.8 Å². The number of cyclic esters (lactones) is 1. The van der Waals surface area contributed by atoms with Crippen molar-refractivity contribution >= 4 is 17.6 Å². The van der Waals surface area contributed by atoms with Crippen LogP contribution >= 0.6 is 0 Å². The molecule has 1 aliphatic heterocycles. The van der Waals surface area contributed by atoms with Crippen LogP contribution in [-0.4, -0.2) is 103 Å². The Labute approximate surface area is 329 Å². The van der Waals surface area contributed by atoms with Crippen molar-refractivity contribution in [2.45, 2.75) is 112 Å². The summed E-state index contributed by atoms with van der Waals surface area (Å²) >= 11 is 0. The highest BCUT2D eigenvalue weighted by molar-refractivity contribution is 5.96. The maximum absolute atomic E-state index is 13.8. The van der Waals surface area contributed by atoms with Crippen molar-refractivity contribution in [2.24, 2.45) is 40.7 Å². The maximum Gasteiger partial charge on any atom is 0.373 e. The fraction of sp³-hybridized carbons (Fsp3) is 0.651. The van der Waals surface area contributed by atoms with Crippen LogP contribution in [0, 0.1) is 35.5 Å². The monoisotopic (exact) mass is 775 g/mol. The molecule has 55 heavy (non-hydrogen) atoms. The van der Waals surface area contributed by atoms with Crippen LogP contribution in [0.15, 0.2) is 76.7 Å². The van der Waals surface area contributed by atoms with E-state index < -0.39 is 60.8 Å². The number of nitrogens with zero attached hydrogens (tertiary/aromatic N) is 1. The summed E-state index contributed by atoms with van der Waals surface area (Å²) in [4.78, 5) is 31.3. The van der Waals surface area contributed by atoms with E-state index in [1.807, 2.05) is 45.9 Å². The smallest absolute Gasteiger partial charge is 0.373 e. The summed E-state index contributed by atoms with van der Waals surface area (Å²) in [5.41, 5.74) is 2.13. The number of carbonyl (C=O) groups excluding carboxylic acids is 2. The highest BCUT2D eigenvalue weighted by Crippen LogP contribution is 2.30. The van der Waals surface area contributed by atoms with E-state index in [0.29, 0.717) is 5.92 Å². The molecule has 0 aromatic heterocycles. The molecule has 312 valence electrons. The Morgan fingerprint density at radius 1 is 1.15 bits per heavy atom. The molecule has 0 saturated carbocycles. The maximum atomic E-state index is 13.8. The van der Waals surface area contributed by atoms with Crippen molar-refractivity contribution in [3.8, 4) is 0 Å². The third kappa shape index (κ3) is 17.4. The fourth-order valence-electron chi connectivity index (χ4n) is 6.71. The molecule has 1 rings (SSSR count). The van der Waals surface area contributed by atoms with E-state index in [9.17, 15) is 24.9 Å². The minimum Gasteiger partial charge on any atom is -0.490 e. The molecule has 11 unspecified atom stereocenters. The fourth-order valence-corrected chi connectivity index (χ4v) is 6.71. The van der Waals surface area contributed by atoms with E-state index in [1.54, 1.807) is 50.3 Å². The average Bonchev–Trinajstić information content (AvgIpc) is 3.15. The molecule has 0 bridgehead atoms. The molecule has 0 radical (unpaired) electrons. The molecule has 12 heteroatoms. The molecule has 5 N–H and O–H groups in total. The lowest BCUT2D eigenvalue weighted by Crippen LogP contribution is -2.45. The van der Waals surface area contributed by atoms with Crippen molar-refractivity contribution in [1.82, 2.24) is 5.32 Å². The molecular formula is C43H70N2O10. The van der Waals surface area contributed by atoms with Gasteiger partial charge in [0.15, 0.2) is 6.61 Å². The van der Waals surface area contributed by atoms with Crippen LogP contribution in [0.5, 0.6) is 0 Å². The summed E-state index contributed by atoms with van der Waals surface area (Å²) in [5.74, 6) is -2.84. The van der Waals surface area contributed by atoms with E-state index in [1.165, 1.54) is 14.2 Å². The van der Waals surface area contributed by atoms with E-state index in [-0.39, 0.29) is 42.4 Å². The third-order valence-electron chi connectivity index (χ3n) is 10.1. The van der Waals surface area contributed by atoms with Crippen molar-refractivity contribution in [3.63, 3.8) is 0 Å². The Balaban J connectivity index is 3.71. The number of hydrogen-bond donors (Lipinski definition) is 5. The number of carbonyl (C=O) groups is 2. The number of ether oxygens (including phenoxy) is 3. The van der Waals surface area contributed by atoms with Crippen molar-refractivity contribution in [1.29, 1.82) is 0 Å². The summed E-state index contributed by atoms with van der Waals surface area (Å²) in [6, 6.07) is 0. The van der Waals surface area contributed by atoms with Crippen molar-refractivity contribution in [3.05, 3.63) is 71.6 Å². The molecule has 0 fully saturated rings. The van der Waals surface area contributed by atoms with Gasteiger partial charge in [0.25, 0.3) is 5.91 Å². The predicted octanol–water partition coefficient (Wildman–Crippen LogP) is 5.59. The van der Waals surface area contributed by atoms with E-state index in [2.05, 4.69) is 31.2 Å². The predicted molar refractivity (Wildman–Crippen MR) is 217 cm³/mol. The van der Waals surface area contributed by atoms with E-state index in [0.717, 1.165) is 30.4 Å². The van der Waals surface area contributed by atoms with Crippen LogP contribution < -0.4 is 5.32 Å². The van der Waals surface area contributed by atoms with Crippen LogP contribution in [0.1, 0.15) is 81.6 Å². The van der Waals surface area contributed by atoms with Crippen LogP contribution in [0.3, 0.4) is 0 Å². The summed E-state index contributed by atoms with van der Waals surface area (Å²) in [6.07, 6.45) is 14.1. The van der Waals surface area contributed by atoms with Gasteiger partial charge in [0.2, 0.25) is 5.76 Å². The number of rotatable bonds is 16. The van der Waals surface area contributed by atoms with Crippen LogP contribution in [0.4, 0.5) is 0 Å². The first kappa shape index (κ1) is 49.5. The van der Waals surface area contributed by atoms with Gasteiger partial charge in [-0.05, 0) is 57.6 Å². The SMILES string of the molecule is C/C=C/C(O)C(C)/C=C/C(=N\OCC(=O)NCCO)C(C)C(O)C(C)C1OC(=O)/C(OC)=C/C(C)=C/C(C)C(O)C(CC)CC(C)C/C(C)=C/C=C/C1OC. The van der Waals surface area contributed by atoms with Gasteiger partial charge in [-0.1, -0.05) is 107 Å². The van der Waals surface area contributed by atoms with Gasteiger partial charge in [-0.25, -0.2) is 4.79 Å². The van der Waals surface area contributed by atoms with Gasteiger partial charge in [-0.2, -0.15) is 0 Å². The topological polar surface area (TPSA) is 176 Å². The summed E-state index contributed by atoms with van der Waals surface area (Å²) < 4.78 is 17.5. The highest BCUT2D eigenvalue weighted by Gasteiger charge is 2.38. The van der Waals surface area contributed by atoms with Gasteiger partial charge >= 0.3 is 5.97 Å². The molecule has 0 spiro atoms. The molecule has 1 amide bonds. The second-order valence-electron chi connectivity index (χ2n) is 14.9. The van der Waals surface area contributed by atoms with Crippen LogP contribution in [-0.2, 0) is 28.6 Å². The molecule has 0 saturated heterocycles. The lowest BCUT2D eigenvalue weighted by atomic mass is 9.81. The van der Waals surface area contributed by atoms with Gasteiger partial charge in [0, 0.05) is 37.3 Å². The second-order valence-corrected chi connectivity index (χ2v) is 14.9. The first-order valence-corrected chi connectivity index (χ1v) is 19.5. The van der Waals surface area contributed by atoms with Crippen molar-refractivity contribution < 1.29 is 49.1 Å². The van der Waals surface area contributed by atoms with Gasteiger partial charge in [0.1, 0.15) is 12.2 Å². The first-order chi connectivity index (χ1) is 26.0. The molecule has 0 aromatic carbocycles. The zero-order chi connectivity index (χ0) is 41.7. The molecule has 0 aromatic rings. The Bertz CT molecular complexity index is 1380. The highest BCUT2D eigenvalue weighted by atomic mass is 16.6. The number of aliphatic hydroxyl groups is 4. The number of hydrogen-bond acceptors (Lipinski definition) is 11. The zero-order valence-corrected chi connectivity index (χ0v) is 35.0. The average molecular weight is 775 g/mol. The normalized spacial score (nSPS) is 30.2. The Morgan fingerprint density at radius 3 is 2.44 bits per heavy atom. The van der Waals surface area contributed by atoms with E-state index in [4.69, 9.17) is 24.2 Å². The first-order valence-electron chi connectivity index (χ1n) is 19.5. The van der Waals surface area contributed by atoms with Crippen molar-refractivity contribution in [2.75, 3.05) is 34.0 Å². The standard InChI is InChI=1S/C43H70N2O10/c1-12-15-36(47)30(6)18-19-35(45-54-26-39(48)44-20-21-46)32(8)41(50)33(9)42-37(52-10)17-14-16-27(3)22-28(4)24-34(13-2)40(49)31(7)23-29(5)25-38(53-11)43(51)55-42/h12,14-19,23,25,28,30-34,36-37,40-42,46-47,49-50H,13,20-22,24,26H2,1-11H3,(H,44,48)/b15-12+,17-14+,19-18+,27-16+,29-23+,38-25-,45-35+. The lowest BCUT2D eigenvalue weighted by molar-refractivity contribution is -0.161. The number of aliphatic hydroxyl groups excluding tert-OH is 4. The van der Waals surface area contributed by atoms with Crippen LogP contribution in [0.2, 0.25) is 0 Å². The summed E-state index contributed by atoms with van der Waals surface area (Å²) in [7, 11) is 2.88.